The quantitative estimate of drug-likeness (QED) is 0.688. The Morgan fingerprint density at radius 2 is 1.93 bits per heavy atom. The Morgan fingerprint density at radius 1 is 1.29 bits per heavy atom. The molecule has 1 heterocycles. The van der Waals surface area contributed by atoms with Crippen LogP contribution in [0.25, 0.3) is 0 Å². The van der Waals surface area contributed by atoms with Gasteiger partial charge in [0.05, 0.1) is 0 Å². The van der Waals surface area contributed by atoms with Crippen molar-refractivity contribution in [1.29, 1.82) is 0 Å². The SMILES string of the molecule is Cc1cncc(C(=O)C(C)C(C)C)c1. The molecule has 0 radical (unpaired) electrons. The Labute approximate surface area is 85.4 Å². The number of pyridine rings is 1. The highest BCUT2D eigenvalue weighted by Crippen LogP contribution is 2.16. The molecule has 0 bridgehead atoms. The second-order valence-corrected chi connectivity index (χ2v) is 4.15. The van der Waals surface area contributed by atoms with Crippen LogP contribution in [0.3, 0.4) is 0 Å². The van der Waals surface area contributed by atoms with Gasteiger partial charge in [-0.15, -0.1) is 0 Å². The summed E-state index contributed by atoms with van der Waals surface area (Å²) in [5.41, 5.74) is 1.76. The molecule has 2 nitrogen and oxygen atoms in total. The van der Waals surface area contributed by atoms with Crippen molar-refractivity contribution >= 4 is 5.78 Å². The zero-order chi connectivity index (χ0) is 10.7. The third kappa shape index (κ3) is 2.41. The van der Waals surface area contributed by atoms with Gasteiger partial charge in [0.1, 0.15) is 0 Å². The molecular formula is C12H17NO. The van der Waals surface area contributed by atoms with Crippen molar-refractivity contribution in [3.05, 3.63) is 29.6 Å². The zero-order valence-corrected chi connectivity index (χ0v) is 9.24. The number of hydrogen-bond acceptors (Lipinski definition) is 2. The van der Waals surface area contributed by atoms with Crippen molar-refractivity contribution in [3.8, 4) is 0 Å². The lowest BCUT2D eigenvalue weighted by Crippen LogP contribution is -2.17. The summed E-state index contributed by atoms with van der Waals surface area (Å²) in [5, 5.41) is 0. The lowest BCUT2D eigenvalue weighted by Gasteiger charge is -2.13. The molecule has 1 aromatic heterocycles. The lowest BCUT2D eigenvalue weighted by atomic mass is 9.90. The largest absolute Gasteiger partial charge is 0.294 e. The predicted octanol–water partition coefficient (Wildman–Crippen LogP) is 2.86. The second kappa shape index (κ2) is 4.36. The number of carbonyl (C=O) groups excluding carboxylic acids is 1. The molecule has 76 valence electrons. The van der Waals surface area contributed by atoms with Crippen molar-refractivity contribution in [2.24, 2.45) is 11.8 Å². The fourth-order valence-electron chi connectivity index (χ4n) is 1.26. The van der Waals surface area contributed by atoms with Crippen molar-refractivity contribution in [1.82, 2.24) is 4.98 Å². The summed E-state index contributed by atoms with van der Waals surface area (Å²) in [4.78, 5) is 15.9. The summed E-state index contributed by atoms with van der Waals surface area (Å²) in [6, 6.07) is 1.90. The summed E-state index contributed by atoms with van der Waals surface area (Å²) in [7, 11) is 0. The standard InChI is InChI=1S/C12H17NO/c1-8(2)10(4)12(14)11-5-9(3)6-13-7-11/h5-8,10H,1-4H3. The monoisotopic (exact) mass is 191 g/mol. The van der Waals surface area contributed by atoms with E-state index in [2.05, 4.69) is 18.8 Å². The van der Waals surface area contributed by atoms with Gasteiger partial charge in [0.25, 0.3) is 0 Å². The Morgan fingerprint density at radius 3 is 2.43 bits per heavy atom. The third-order valence-corrected chi connectivity index (χ3v) is 2.57. The van der Waals surface area contributed by atoms with Crippen LogP contribution in [0.2, 0.25) is 0 Å². The van der Waals surface area contributed by atoms with Gasteiger partial charge in [-0.2, -0.15) is 0 Å². The Bertz CT molecular complexity index is 331. The zero-order valence-electron chi connectivity index (χ0n) is 9.24. The van der Waals surface area contributed by atoms with Crippen LogP contribution in [-0.4, -0.2) is 10.8 Å². The number of carbonyl (C=O) groups is 1. The van der Waals surface area contributed by atoms with Gasteiger partial charge in [-0.1, -0.05) is 20.8 Å². The van der Waals surface area contributed by atoms with E-state index in [1.165, 1.54) is 0 Å². The number of aromatic nitrogens is 1. The number of hydrogen-bond donors (Lipinski definition) is 0. The van der Waals surface area contributed by atoms with Crippen LogP contribution >= 0.6 is 0 Å². The molecule has 0 saturated heterocycles. The minimum absolute atomic E-state index is 0.0681. The molecule has 0 aliphatic carbocycles. The van der Waals surface area contributed by atoms with Gasteiger partial charge >= 0.3 is 0 Å². The van der Waals surface area contributed by atoms with Gasteiger partial charge in [-0.3, -0.25) is 9.78 Å². The van der Waals surface area contributed by atoms with Crippen LogP contribution in [0.15, 0.2) is 18.5 Å². The van der Waals surface area contributed by atoms with E-state index in [4.69, 9.17) is 0 Å². The molecule has 0 fully saturated rings. The van der Waals surface area contributed by atoms with E-state index in [1.807, 2.05) is 19.9 Å². The van der Waals surface area contributed by atoms with Gasteiger partial charge in [0.15, 0.2) is 5.78 Å². The number of ketones is 1. The van der Waals surface area contributed by atoms with Gasteiger partial charge < -0.3 is 0 Å². The maximum absolute atomic E-state index is 11.9. The number of rotatable bonds is 3. The first-order valence-corrected chi connectivity index (χ1v) is 4.98. The summed E-state index contributed by atoms with van der Waals surface area (Å²) < 4.78 is 0. The van der Waals surface area contributed by atoms with E-state index in [-0.39, 0.29) is 11.7 Å². The fraction of sp³-hybridized carbons (Fsp3) is 0.500. The molecule has 0 aliphatic heterocycles. The van der Waals surface area contributed by atoms with E-state index in [9.17, 15) is 4.79 Å². The van der Waals surface area contributed by atoms with Crippen LogP contribution in [0.5, 0.6) is 0 Å². The molecule has 0 spiro atoms. The lowest BCUT2D eigenvalue weighted by molar-refractivity contribution is 0.0899. The van der Waals surface area contributed by atoms with Crippen molar-refractivity contribution < 1.29 is 4.79 Å². The third-order valence-electron chi connectivity index (χ3n) is 2.57. The first-order chi connectivity index (χ1) is 6.52. The Balaban J connectivity index is 2.89. The van der Waals surface area contributed by atoms with E-state index in [1.54, 1.807) is 12.4 Å². The smallest absolute Gasteiger partial charge is 0.167 e. The highest BCUT2D eigenvalue weighted by Gasteiger charge is 2.18. The van der Waals surface area contributed by atoms with Crippen LogP contribution in [0.1, 0.15) is 36.7 Å². The molecule has 2 heteroatoms. The van der Waals surface area contributed by atoms with Gasteiger partial charge in [0.2, 0.25) is 0 Å². The molecule has 0 aromatic carbocycles. The molecule has 1 rings (SSSR count). The molecule has 1 aromatic rings. The molecule has 0 amide bonds. The minimum Gasteiger partial charge on any atom is -0.294 e. The number of Topliss-reactive ketones (excluding diaryl/α,β-unsaturated/α-hetero) is 1. The van der Waals surface area contributed by atoms with Crippen molar-refractivity contribution in [2.45, 2.75) is 27.7 Å². The van der Waals surface area contributed by atoms with Crippen molar-refractivity contribution in [2.75, 3.05) is 0 Å². The van der Waals surface area contributed by atoms with Gasteiger partial charge in [-0.25, -0.2) is 0 Å². The summed E-state index contributed by atoms with van der Waals surface area (Å²) >= 11 is 0. The van der Waals surface area contributed by atoms with E-state index < -0.39 is 0 Å². The second-order valence-electron chi connectivity index (χ2n) is 4.15. The van der Waals surface area contributed by atoms with Gasteiger partial charge in [-0.05, 0) is 24.5 Å². The summed E-state index contributed by atoms with van der Waals surface area (Å²) in [5.74, 6) is 0.637. The average molecular weight is 191 g/mol. The minimum atomic E-state index is 0.0681. The van der Waals surface area contributed by atoms with E-state index >= 15 is 0 Å². The average Bonchev–Trinajstić information content (AvgIpc) is 2.15. The fourth-order valence-corrected chi connectivity index (χ4v) is 1.26. The molecule has 0 N–H and O–H groups in total. The maximum Gasteiger partial charge on any atom is 0.167 e. The van der Waals surface area contributed by atoms with Crippen LogP contribution in [0, 0.1) is 18.8 Å². The molecule has 1 atom stereocenters. The highest BCUT2D eigenvalue weighted by atomic mass is 16.1. The maximum atomic E-state index is 11.9. The van der Waals surface area contributed by atoms with Gasteiger partial charge in [0, 0.05) is 23.9 Å². The number of nitrogens with zero attached hydrogens (tertiary/aromatic N) is 1. The van der Waals surface area contributed by atoms with E-state index in [0.29, 0.717) is 5.92 Å². The number of aryl methyl sites for hydroxylation is 1. The summed E-state index contributed by atoms with van der Waals surface area (Å²) in [6.45, 7) is 8.04. The molecular weight excluding hydrogens is 174 g/mol. The van der Waals surface area contributed by atoms with E-state index in [0.717, 1.165) is 11.1 Å². The molecule has 0 aliphatic rings. The predicted molar refractivity (Wildman–Crippen MR) is 57.3 cm³/mol. The topological polar surface area (TPSA) is 30.0 Å². The molecule has 0 saturated carbocycles. The summed E-state index contributed by atoms with van der Waals surface area (Å²) in [6.07, 6.45) is 3.41. The van der Waals surface area contributed by atoms with Crippen LogP contribution in [0.4, 0.5) is 0 Å². The highest BCUT2D eigenvalue weighted by molar-refractivity contribution is 5.97. The first kappa shape index (κ1) is 10.9. The molecule has 1 unspecified atom stereocenters. The Hall–Kier alpha value is -1.18. The van der Waals surface area contributed by atoms with Crippen molar-refractivity contribution in [3.63, 3.8) is 0 Å². The first-order valence-electron chi connectivity index (χ1n) is 4.98. The Kier molecular flexibility index (Phi) is 3.39. The van der Waals surface area contributed by atoms with Crippen LogP contribution in [-0.2, 0) is 0 Å². The van der Waals surface area contributed by atoms with Crippen LogP contribution < -0.4 is 0 Å². The molecule has 14 heavy (non-hydrogen) atoms. The normalized spacial score (nSPS) is 12.9.